The van der Waals surface area contributed by atoms with E-state index in [1.54, 1.807) is 102 Å². The summed E-state index contributed by atoms with van der Waals surface area (Å²) in [5.74, 6) is -0.142. The van der Waals surface area contributed by atoms with Gasteiger partial charge in [-0.05, 0) is 94.5 Å². The van der Waals surface area contributed by atoms with Crippen LogP contribution in [-0.2, 0) is 30.2 Å². The largest absolute Gasteiger partial charge is 0.444 e. The zero-order chi connectivity index (χ0) is 46.9. The topological polar surface area (TPSA) is 173 Å². The molecule has 0 aromatic heterocycles. The Morgan fingerprint density at radius 2 is 0.985 bits per heavy atom. The van der Waals surface area contributed by atoms with E-state index in [1.807, 2.05) is 60.7 Å². The quantitative estimate of drug-likeness (QED) is 0.0425. The van der Waals surface area contributed by atoms with E-state index in [9.17, 15) is 24.0 Å². The van der Waals surface area contributed by atoms with Crippen LogP contribution in [0.5, 0.6) is 5.75 Å². The minimum atomic E-state index is -1.04. The Morgan fingerprint density at radius 1 is 0.523 bits per heavy atom. The van der Waals surface area contributed by atoms with Gasteiger partial charge in [0.1, 0.15) is 29.0 Å². The van der Waals surface area contributed by atoms with Gasteiger partial charge in [0.2, 0.25) is 11.8 Å². The van der Waals surface area contributed by atoms with Crippen LogP contribution in [0.1, 0.15) is 70.2 Å². The van der Waals surface area contributed by atoms with E-state index >= 15 is 0 Å². The summed E-state index contributed by atoms with van der Waals surface area (Å²) >= 11 is 1.70. The first-order chi connectivity index (χ1) is 31.0. The summed E-state index contributed by atoms with van der Waals surface area (Å²) in [6, 6.07) is 44.1. The van der Waals surface area contributed by atoms with Gasteiger partial charge in [-0.1, -0.05) is 121 Å². The Kier molecular flexibility index (Phi) is 17.6. The number of para-hydroxylation sites is 1. The Balaban J connectivity index is 1.19. The van der Waals surface area contributed by atoms with Crippen LogP contribution in [0.15, 0.2) is 146 Å². The number of ether oxygens (including phenoxy) is 3. The molecule has 0 bridgehead atoms. The highest BCUT2D eigenvalue weighted by molar-refractivity contribution is 8.00. The molecule has 5 amide bonds. The smallest absolute Gasteiger partial charge is 0.412 e. The summed E-state index contributed by atoms with van der Waals surface area (Å²) < 4.78 is 15.8. The van der Waals surface area contributed by atoms with Gasteiger partial charge in [0.25, 0.3) is 0 Å². The zero-order valence-electron chi connectivity index (χ0n) is 37.7. The van der Waals surface area contributed by atoms with E-state index in [4.69, 9.17) is 14.2 Å². The van der Waals surface area contributed by atoms with Crippen molar-refractivity contribution in [2.45, 2.75) is 82.4 Å². The number of alkyl carbamates (subject to hydrolysis) is 2. The van der Waals surface area contributed by atoms with Crippen LogP contribution in [0, 0.1) is 0 Å². The first kappa shape index (κ1) is 49.2. The monoisotopic (exact) mass is 901 g/mol. The van der Waals surface area contributed by atoms with Gasteiger partial charge in [-0.3, -0.25) is 9.59 Å². The maximum absolute atomic E-state index is 13.7. The molecule has 0 heterocycles. The molecule has 13 nitrogen and oxygen atoms in total. The van der Waals surface area contributed by atoms with Crippen LogP contribution in [-0.4, -0.2) is 72.2 Å². The molecule has 0 aliphatic rings. The van der Waals surface area contributed by atoms with Crippen molar-refractivity contribution < 1.29 is 38.2 Å². The fourth-order valence-corrected chi connectivity index (χ4v) is 8.21. The number of hydrogen-bond donors (Lipinski definition) is 5. The Hall–Kier alpha value is -6.80. The standard InChI is InChI=1S/C51H59N5O8S/c1-49(2,3)63-47(60)55-42(44(57)52-33-34-65-51(37-19-11-7-12-20-37,38-21-13-8-14-22-38)39-23-15-9-16-24-39)31-32-53-46(59)62-41-29-27-36(28-30-41)35-43(56-48(61)64-50(4,5)6)45(58)54-40-25-17-10-18-26-40/h7-30,42-43H,31-35H2,1-6H3,(H,52,57)(H,53,59)(H,54,58)(H,55,60)(H,56,61)/t42-,43-/m0/s1. The first-order valence-corrected chi connectivity index (χ1v) is 22.5. The van der Waals surface area contributed by atoms with E-state index in [0.717, 1.165) is 16.7 Å². The van der Waals surface area contributed by atoms with Crippen molar-refractivity contribution in [3.8, 4) is 5.75 Å². The fourth-order valence-electron chi connectivity index (χ4n) is 6.79. The summed E-state index contributed by atoms with van der Waals surface area (Å²) in [6.45, 7) is 10.6. The fraction of sp³-hybridized carbons (Fsp3) is 0.314. The van der Waals surface area contributed by atoms with Crippen molar-refractivity contribution in [1.82, 2.24) is 21.3 Å². The molecule has 0 unspecified atom stereocenters. The molecule has 342 valence electrons. The van der Waals surface area contributed by atoms with Crippen molar-refractivity contribution in [2.24, 2.45) is 0 Å². The Morgan fingerprint density at radius 3 is 1.46 bits per heavy atom. The minimum Gasteiger partial charge on any atom is -0.444 e. The van der Waals surface area contributed by atoms with Gasteiger partial charge in [-0.25, -0.2) is 14.4 Å². The molecule has 2 atom stereocenters. The number of hydrogen-bond acceptors (Lipinski definition) is 9. The van der Waals surface area contributed by atoms with Crippen molar-refractivity contribution in [1.29, 1.82) is 0 Å². The van der Waals surface area contributed by atoms with Crippen LogP contribution in [0.3, 0.4) is 0 Å². The number of amides is 5. The van der Waals surface area contributed by atoms with Crippen molar-refractivity contribution in [2.75, 3.05) is 24.2 Å². The van der Waals surface area contributed by atoms with Gasteiger partial charge >= 0.3 is 18.3 Å². The van der Waals surface area contributed by atoms with Gasteiger partial charge in [0.15, 0.2) is 0 Å². The van der Waals surface area contributed by atoms with Gasteiger partial charge in [-0.15, -0.1) is 11.8 Å². The van der Waals surface area contributed by atoms with Crippen molar-refractivity contribution in [3.63, 3.8) is 0 Å². The zero-order valence-corrected chi connectivity index (χ0v) is 38.5. The van der Waals surface area contributed by atoms with Gasteiger partial charge < -0.3 is 40.8 Å². The number of rotatable bonds is 18. The molecular formula is C51H59N5O8S. The molecule has 0 radical (unpaired) electrons. The van der Waals surface area contributed by atoms with Crippen molar-refractivity contribution in [3.05, 3.63) is 168 Å². The molecule has 0 fully saturated rings. The molecule has 5 N–H and O–H groups in total. The molecule has 5 rings (SSSR count). The molecule has 65 heavy (non-hydrogen) atoms. The summed E-state index contributed by atoms with van der Waals surface area (Å²) in [5, 5.41) is 13.8. The third-order valence-electron chi connectivity index (χ3n) is 9.59. The average Bonchev–Trinajstić information content (AvgIpc) is 3.26. The predicted molar refractivity (Wildman–Crippen MR) is 255 cm³/mol. The molecule has 0 saturated carbocycles. The number of thioether (sulfide) groups is 1. The number of carbonyl (C=O) groups excluding carboxylic acids is 5. The Bertz CT molecular complexity index is 2210. The molecule has 5 aromatic rings. The van der Waals surface area contributed by atoms with Crippen LogP contribution >= 0.6 is 11.8 Å². The SMILES string of the molecule is CC(C)(C)OC(=O)N[C@@H](CCNC(=O)Oc1ccc(C[C@H](NC(=O)OC(C)(C)C)C(=O)Nc2ccccc2)cc1)C(=O)NCCSC(c1ccccc1)(c1ccccc1)c1ccccc1. The summed E-state index contributed by atoms with van der Waals surface area (Å²) in [6.07, 6.45) is -2.14. The summed E-state index contributed by atoms with van der Waals surface area (Å²) in [5.41, 5.74) is 2.95. The second-order valence-corrected chi connectivity index (χ2v) is 18.4. The number of carbonyl (C=O) groups is 5. The molecule has 0 saturated heterocycles. The van der Waals surface area contributed by atoms with E-state index in [0.29, 0.717) is 17.0 Å². The first-order valence-electron chi connectivity index (χ1n) is 21.5. The van der Waals surface area contributed by atoms with E-state index in [2.05, 4.69) is 63.0 Å². The maximum atomic E-state index is 13.7. The average molecular weight is 902 g/mol. The lowest BCUT2D eigenvalue weighted by molar-refractivity contribution is -0.123. The van der Waals surface area contributed by atoms with Crippen LogP contribution < -0.4 is 31.3 Å². The Labute approximate surface area is 385 Å². The van der Waals surface area contributed by atoms with Crippen LogP contribution in [0.25, 0.3) is 0 Å². The second kappa shape index (κ2) is 23.2. The highest BCUT2D eigenvalue weighted by atomic mass is 32.2. The van der Waals surface area contributed by atoms with E-state index in [1.165, 1.54) is 0 Å². The number of benzene rings is 5. The van der Waals surface area contributed by atoms with Crippen molar-refractivity contribution >= 4 is 47.5 Å². The molecule has 0 aliphatic heterocycles. The summed E-state index contributed by atoms with van der Waals surface area (Å²) in [4.78, 5) is 65.5. The third-order valence-corrected chi connectivity index (χ3v) is 11.1. The minimum absolute atomic E-state index is 0.0206. The van der Waals surface area contributed by atoms with Crippen LogP contribution in [0.4, 0.5) is 20.1 Å². The highest BCUT2D eigenvalue weighted by Gasteiger charge is 2.37. The summed E-state index contributed by atoms with van der Waals surface area (Å²) in [7, 11) is 0. The molecular weight excluding hydrogens is 843 g/mol. The maximum Gasteiger partial charge on any atom is 0.412 e. The normalized spacial score (nSPS) is 12.4. The molecule has 0 aliphatic carbocycles. The molecule has 5 aromatic carbocycles. The molecule has 0 spiro atoms. The van der Waals surface area contributed by atoms with Gasteiger partial charge in [0.05, 0.1) is 4.75 Å². The lowest BCUT2D eigenvalue weighted by Crippen LogP contribution is -2.50. The second-order valence-electron chi connectivity index (χ2n) is 17.1. The third kappa shape index (κ3) is 15.7. The lowest BCUT2D eigenvalue weighted by atomic mass is 9.84. The highest BCUT2D eigenvalue weighted by Crippen LogP contribution is 2.48. The van der Waals surface area contributed by atoms with E-state index < -0.39 is 58.1 Å². The molecule has 14 heteroatoms. The van der Waals surface area contributed by atoms with Gasteiger partial charge in [0, 0.05) is 31.0 Å². The predicted octanol–water partition coefficient (Wildman–Crippen LogP) is 8.97. The lowest BCUT2D eigenvalue weighted by Gasteiger charge is -2.35. The van der Waals surface area contributed by atoms with Crippen LogP contribution in [0.2, 0.25) is 0 Å². The number of anilines is 1. The van der Waals surface area contributed by atoms with E-state index in [-0.39, 0.29) is 31.7 Å². The van der Waals surface area contributed by atoms with Gasteiger partial charge in [-0.2, -0.15) is 0 Å². The number of nitrogens with one attached hydrogen (secondary N) is 5.